The maximum absolute atomic E-state index is 11.5. The summed E-state index contributed by atoms with van der Waals surface area (Å²) in [5.41, 5.74) is 6.01. The summed E-state index contributed by atoms with van der Waals surface area (Å²) in [7, 11) is 0. The molecule has 0 aromatic carbocycles. The topological polar surface area (TPSA) is 101 Å². The van der Waals surface area contributed by atoms with Gasteiger partial charge in [-0.2, -0.15) is 0 Å². The Morgan fingerprint density at radius 2 is 1.27 bits per heavy atom. The molecule has 0 spiro atoms. The highest BCUT2D eigenvalue weighted by molar-refractivity contribution is 6.64. The van der Waals surface area contributed by atoms with E-state index >= 15 is 0 Å². The number of nitrogen functional groups attached to an aromatic ring is 1. The molecule has 0 atom stereocenters. The van der Waals surface area contributed by atoms with Crippen molar-refractivity contribution < 1.29 is 9.59 Å². The summed E-state index contributed by atoms with van der Waals surface area (Å²) in [4.78, 5) is 31.8. The first-order valence-corrected chi connectivity index (χ1v) is 13.5. The molecule has 2 aromatic rings. The number of hydrogen-bond acceptors (Lipinski definition) is 6. The van der Waals surface area contributed by atoms with Gasteiger partial charge in [-0.1, -0.05) is 62.3 Å². The fraction of sp³-hybridized carbons (Fsp3) is 0.556. The second kappa shape index (κ2) is 23.2. The van der Waals surface area contributed by atoms with Crippen LogP contribution in [0.1, 0.15) is 62.3 Å². The third kappa shape index (κ3) is 26.9. The van der Waals surface area contributed by atoms with Gasteiger partial charge in [-0.25, -0.2) is 0 Å². The average molecular weight is 579 g/mol. The summed E-state index contributed by atoms with van der Waals surface area (Å²) in [5, 5.41) is 2.69. The minimum atomic E-state index is -0.373. The molecule has 1 amide bonds. The SMILES string of the molecule is CC(C)(C)C(=O)Cl.CC(C)(C)C(=O)Nc1cccnc1.CCN(CC)CC.ClCCl.Nc1cccnc1. The number of amides is 1. The van der Waals surface area contributed by atoms with E-state index in [9.17, 15) is 9.59 Å². The molecule has 212 valence electrons. The van der Waals surface area contributed by atoms with Crippen LogP contribution < -0.4 is 11.1 Å². The largest absolute Gasteiger partial charge is 0.397 e. The number of carbonyl (C=O) groups excluding carboxylic acids is 2. The van der Waals surface area contributed by atoms with Crippen molar-refractivity contribution in [1.82, 2.24) is 14.9 Å². The van der Waals surface area contributed by atoms with Crippen LogP contribution in [0.5, 0.6) is 0 Å². The Balaban J connectivity index is -0.000000419. The molecule has 2 rings (SSSR count). The fourth-order valence-corrected chi connectivity index (χ4v) is 1.80. The van der Waals surface area contributed by atoms with Crippen molar-refractivity contribution in [2.24, 2.45) is 10.8 Å². The van der Waals surface area contributed by atoms with Crippen molar-refractivity contribution in [3.8, 4) is 0 Å². The van der Waals surface area contributed by atoms with Gasteiger partial charge in [-0.15, -0.1) is 23.2 Å². The first kappa shape index (κ1) is 39.6. The zero-order valence-electron chi connectivity index (χ0n) is 23.8. The average Bonchev–Trinajstić information content (AvgIpc) is 2.82. The van der Waals surface area contributed by atoms with Crippen LogP contribution in [0.15, 0.2) is 49.1 Å². The predicted molar refractivity (Wildman–Crippen MR) is 161 cm³/mol. The van der Waals surface area contributed by atoms with Gasteiger partial charge in [0.2, 0.25) is 11.1 Å². The van der Waals surface area contributed by atoms with Crippen LogP contribution in [0.4, 0.5) is 11.4 Å². The molecule has 0 radical (unpaired) electrons. The number of halogens is 3. The molecule has 0 aliphatic heterocycles. The third-order valence-electron chi connectivity index (χ3n) is 4.22. The van der Waals surface area contributed by atoms with E-state index in [2.05, 4.69) is 41.0 Å². The zero-order valence-corrected chi connectivity index (χ0v) is 26.1. The lowest BCUT2D eigenvalue weighted by Crippen LogP contribution is -2.27. The minimum Gasteiger partial charge on any atom is -0.397 e. The molecule has 0 aliphatic rings. The molecule has 0 unspecified atom stereocenters. The van der Waals surface area contributed by atoms with Crippen LogP contribution in [0, 0.1) is 10.8 Å². The van der Waals surface area contributed by atoms with Gasteiger partial charge in [0.05, 0.1) is 22.9 Å². The monoisotopic (exact) mass is 577 g/mol. The van der Waals surface area contributed by atoms with Crippen molar-refractivity contribution in [3.63, 3.8) is 0 Å². The Kier molecular flexibility index (Phi) is 24.8. The first-order chi connectivity index (χ1) is 17.1. The van der Waals surface area contributed by atoms with E-state index in [1.807, 2.05) is 26.8 Å². The van der Waals surface area contributed by atoms with Crippen LogP contribution in [0.2, 0.25) is 0 Å². The zero-order chi connectivity index (χ0) is 29.5. The molecule has 3 N–H and O–H groups in total. The van der Waals surface area contributed by atoms with Gasteiger partial charge in [-0.3, -0.25) is 19.6 Å². The van der Waals surface area contributed by atoms with Gasteiger partial charge in [-0.05, 0) is 55.5 Å². The number of alkyl halides is 2. The number of anilines is 2. The Morgan fingerprint density at radius 1 is 0.865 bits per heavy atom. The normalized spacial score (nSPS) is 10.1. The number of nitrogens with zero attached hydrogens (tertiary/aromatic N) is 3. The van der Waals surface area contributed by atoms with Crippen LogP contribution in [-0.4, -0.2) is 51.0 Å². The smallest absolute Gasteiger partial charge is 0.229 e. The molecule has 37 heavy (non-hydrogen) atoms. The van der Waals surface area contributed by atoms with Crippen LogP contribution in [0.25, 0.3) is 0 Å². The molecule has 7 nitrogen and oxygen atoms in total. The van der Waals surface area contributed by atoms with Crippen LogP contribution in [-0.2, 0) is 9.59 Å². The first-order valence-electron chi connectivity index (χ1n) is 12.0. The molecule has 10 heteroatoms. The number of carbonyl (C=O) groups is 2. The van der Waals surface area contributed by atoms with E-state index in [-0.39, 0.29) is 27.3 Å². The summed E-state index contributed by atoms with van der Waals surface area (Å²) in [6.07, 6.45) is 6.60. The van der Waals surface area contributed by atoms with Gasteiger partial charge >= 0.3 is 0 Å². The number of pyridine rings is 2. The van der Waals surface area contributed by atoms with Crippen LogP contribution >= 0.6 is 34.8 Å². The van der Waals surface area contributed by atoms with E-state index in [0.717, 1.165) is 5.69 Å². The maximum Gasteiger partial charge on any atom is 0.229 e. The van der Waals surface area contributed by atoms with E-state index in [4.69, 9.17) is 40.5 Å². The van der Waals surface area contributed by atoms with Gasteiger partial charge in [0, 0.05) is 29.4 Å². The quantitative estimate of drug-likeness (QED) is 0.292. The minimum absolute atomic E-state index is 0.000463. The van der Waals surface area contributed by atoms with Crippen molar-refractivity contribution in [2.75, 3.05) is 36.0 Å². The van der Waals surface area contributed by atoms with Crippen molar-refractivity contribution in [3.05, 3.63) is 49.1 Å². The summed E-state index contributed by atoms with van der Waals surface area (Å²) < 4.78 is 0. The summed E-state index contributed by atoms with van der Waals surface area (Å²) in [5.74, 6) is 0.000463. The van der Waals surface area contributed by atoms with Crippen LogP contribution in [0.3, 0.4) is 0 Å². The Bertz CT molecular complexity index is 803. The van der Waals surface area contributed by atoms with E-state index in [1.165, 1.54) is 19.6 Å². The number of aromatic nitrogens is 2. The number of rotatable bonds is 4. The van der Waals surface area contributed by atoms with Crippen molar-refractivity contribution in [2.45, 2.75) is 62.3 Å². The second-order valence-corrected chi connectivity index (χ2v) is 10.6. The molecule has 0 fully saturated rings. The lowest BCUT2D eigenvalue weighted by atomic mass is 9.96. The van der Waals surface area contributed by atoms with Crippen molar-refractivity contribution in [1.29, 1.82) is 0 Å². The molecular formula is C27H46Cl3N5O2. The van der Waals surface area contributed by atoms with Gasteiger partial charge < -0.3 is 16.0 Å². The number of hydrogen-bond donors (Lipinski definition) is 2. The summed E-state index contributed by atoms with van der Waals surface area (Å²) in [6.45, 7) is 21.1. The molecular weight excluding hydrogens is 533 g/mol. The number of nitrogens with two attached hydrogens (primary N) is 1. The number of nitrogens with one attached hydrogen (secondary N) is 1. The predicted octanol–water partition coefficient (Wildman–Crippen LogP) is 7.30. The highest BCUT2D eigenvalue weighted by Crippen LogP contribution is 2.16. The fourth-order valence-electron chi connectivity index (χ4n) is 1.80. The van der Waals surface area contributed by atoms with E-state index in [0.29, 0.717) is 5.69 Å². The summed E-state index contributed by atoms with van der Waals surface area (Å²) >= 11 is 14.6. The lowest BCUT2D eigenvalue weighted by molar-refractivity contribution is -0.123. The van der Waals surface area contributed by atoms with Gasteiger partial charge in [0.1, 0.15) is 0 Å². The Hall–Kier alpha value is -1.93. The second-order valence-electron chi connectivity index (χ2n) is 9.48. The molecule has 0 saturated heterocycles. The van der Waals surface area contributed by atoms with Crippen molar-refractivity contribution >= 4 is 57.3 Å². The highest BCUT2D eigenvalue weighted by Gasteiger charge is 2.21. The molecule has 0 saturated carbocycles. The molecule has 2 aromatic heterocycles. The molecule has 2 heterocycles. The molecule has 0 aliphatic carbocycles. The Labute approximate surface area is 239 Å². The van der Waals surface area contributed by atoms with Gasteiger partial charge in [0.25, 0.3) is 0 Å². The Morgan fingerprint density at radius 3 is 1.46 bits per heavy atom. The third-order valence-corrected chi connectivity index (χ3v) is 4.78. The van der Waals surface area contributed by atoms with E-state index in [1.54, 1.807) is 63.8 Å². The lowest BCUT2D eigenvalue weighted by Gasteiger charge is -2.17. The van der Waals surface area contributed by atoms with E-state index < -0.39 is 0 Å². The highest BCUT2D eigenvalue weighted by atomic mass is 35.5. The summed E-state index contributed by atoms with van der Waals surface area (Å²) in [6, 6.07) is 7.21. The molecule has 0 bridgehead atoms. The maximum atomic E-state index is 11.5. The van der Waals surface area contributed by atoms with Gasteiger partial charge in [0.15, 0.2) is 0 Å². The standard InChI is InChI=1S/C10H14N2O.C6H15N.C5H9ClO.C5H6N2.CH2Cl2/c1-10(2,3)9(13)12-8-5-4-6-11-7-8;1-4-7(5-2)6-3;1-5(2,3)4(6)7;6-5-2-1-3-7-4-5;2-1-3/h4-7H,1-3H3,(H,12,13);4-6H2,1-3H3;1-3H3;1-4H,6H2;1H2.